The van der Waals surface area contributed by atoms with Crippen LogP contribution >= 0.6 is 0 Å². The van der Waals surface area contributed by atoms with Gasteiger partial charge in [0.1, 0.15) is 17.2 Å². The van der Waals surface area contributed by atoms with Gasteiger partial charge in [-0.1, -0.05) is 18.6 Å². The Hall–Kier alpha value is -4.26. The topological polar surface area (TPSA) is 94.5 Å². The standard InChI is InChI=1S/C25H17F4N5O/c26-18-10-16(5-6-19(18)32-22(35)15-4-1-3-14(9-15)12-30)24(7-2-8-24)23-33-20-11-17(25(27,28)29)13-31-21(20)34-23/h1,3-6,9-11,13H,2,7-8H2,(H,32,35)(H,31,33,34). The fourth-order valence-corrected chi connectivity index (χ4v) is 4.31. The van der Waals surface area contributed by atoms with E-state index in [0.29, 0.717) is 29.8 Å². The zero-order valence-electron chi connectivity index (χ0n) is 18.1. The van der Waals surface area contributed by atoms with Crippen molar-refractivity contribution in [3.63, 3.8) is 0 Å². The number of benzene rings is 2. The summed E-state index contributed by atoms with van der Waals surface area (Å²) in [7, 11) is 0. The summed E-state index contributed by atoms with van der Waals surface area (Å²) in [6, 6.07) is 13.4. The number of halogens is 4. The Morgan fingerprint density at radius 2 is 1.94 bits per heavy atom. The number of H-pyrrole nitrogens is 1. The zero-order chi connectivity index (χ0) is 24.8. The van der Waals surface area contributed by atoms with Gasteiger partial charge in [0.2, 0.25) is 0 Å². The molecule has 176 valence electrons. The molecule has 5 rings (SSSR count). The molecule has 1 saturated carbocycles. The molecular weight excluding hydrogens is 462 g/mol. The van der Waals surface area contributed by atoms with Crippen molar-refractivity contribution in [1.29, 1.82) is 5.26 Å². The number of hydrogen-bond donors (Lipinski definition) is 2. The van der Waals surface area contributed by atoms with Gasteiger partial charge in [0.05, 0.1) is 28.3 Å². The number of carbonyl (C=O) groups excluding carboxylic acids is 1. The number of nitrogens with one attached hydrogen (secondary N) is 2. The van der Waals surface area contributed by atoms with Gasteiger partial charge in [0.25, 0.3) is 5.91 Å². The third-order valence-electron chi connectivity index (χ3n) is 6.35. The number of amides is 1. The minimum Gasteiger partial charge on any atom is -0.326 e. The van der Waals surface area contributed by atoms with Crippen molar-refractivity contribution >= 4 is 22.8 Å². The molecule has 0 unspecified atom stereocenters. The smallest absolute Gasteiger partial charge is 0.326 e. The van der Waals surface area contributed by atoms with Crippen LogP contribution in [0.2, 0.25) is 0 Å². The van der Waals surface area contributed by atoms with Crippen molar-refractivity contribution in [3.8, 4) is 6.07 Å². The van der Waals surface area contributed by atoms with Crippen molar-refractivity contribution in [2.75, 3.05) is 5.32 Å². The van der Waals surface area contributed by atoms with Crippen LogP contribution in [-0.2, 0) is 11.6 Å². The third-order valence-corrected chi connectivity index (χ3v) is 6.35. The highest BCUT2D eigenvalue weighted by atomic mass is 19.4. The predicted molar refractivity (Wildman–Crippen MR) is 119 cm³/mol. The zero-order valence-corrected chi connectivity index (χ0v) is 18.1. The van der Waals surface area contributed by atoms with Crippen LogP contribution in [0.15, 0.2) is 54.7 Å². The van der Waals surface area contributed by atoms with Crippen molar-refractivity contribution < 1.29 is 22.4 Å². The summed E-state index contributed by atoms with van der Waals surface area (Å²) in [5.41, 5.74) is -0.175. The molecule has 2 aromatic heterocycles. The summed E-state index contributed by atoms with van der Waals surface area (Å²) in [5, 5.41) is 11.5. The Morgan fingerprint density at radius 3 is 2.60 bits per heavy atom. The Balaban J connectivity index is 1.44. The predicted octanol–water partition coefficient (Wildman–Crippen LogP) is 5.71. The average Bonchev–Trinajstić information content (AvgIpc) is 3.22. The van der Waals surface area contributed by atoms with E-state index in [2.05, 4.69) is 20.3 Å². The lowest BCUT2D eigenvalue weighted by atomic mass is 9.64. The number of alkyl halides is 3. The summed E-state index contributed by atoms with van der Waals surface area (Å²) >= 11 is 0. The number of nitrogens with zero attached hydrogens (tertiary/aromatic N) is 3. The molecule has 0 saturated heterocycles. The molecule has 2 aromatic carbocycles. The van der Waals surface area contributed by atoms with E-state index in [4.69, 9.17) is 5.26 Å². The SMILES string of the molecule is N#Cc1cccc(C(=O)Nc2ccc(C3(c4nc5cc(C(F)(F)F)cnc5[nH]4)CCC3)cc2F)c1. The number of anilines is 1. The number of pyridine rings is 1. The van der Waals surface area contributed by atoms with Crippen LogP contribution in [0.4, 0.5) is 23.2 Å². The maximum atomic E-state index is 15.0. The highest BCUT2D eigenvalue weighted by molar-refractivity contribution is 6.04. The van der Waals surface area contributed by atoms with Gasteiger partial charge in [0, 0.05) is 11.8 Å². The highest BCUT2D eigenvalue weighted by Gasteiger charge is 2.43. The van der Waals surface area contributed by atoms with Gasteiger partial charge in [0.15, 0.2) is 5.65 Å². The Morgan fingerprint density at radius 1 is 1.14 bits per heavy atom. The quantitative estimate of drug-likeness (QED) is 0.367. The second-order valence-electron chi connectivity index (χ2n) is 8.45. The van der Waals surface area contributed by atoms with Crippen LogP contribution in [0.1, 0.15) is 52.1 Å². The first-order chi connectivity index (χ1) is 16.7. The van der Waals surface area contributed by atoms with Crippen LogP contribution in [0.25, 0.3) is 11.2 Å². The van der Waals surface area contributed by atoms with Crippen LogP contribution < -0.4 is 5.32 Å². The monoisotopic (exact) mass is 479 g/mol. The van der Waals surface area contributed by atoms with E-state index in [1.807, 2.05) is 6.07 Å². The minimum absolute atomic E-state index is 0.0309. The largest absolute Gasteiger partial charge is 0.417 e. The number of fused-ring (bicyclic) bond motifs is 1. The van der Waals surface area contributed by atoms with Crippen molar-refractivity contribution in [1.82, 2.24) is 15.0 Å². The lowest BCUT2D eigenvalue weighted by Crippen LogP contribution is -2.36. The summed E-state index contributed by atoms with van der Waals surface area (Å²) in [6.45, 7) is 0. The maximum Gasteiger partial charge on any atom is 0.417 e. The van der Waals surface area contributed by atoms with E-state index in [0.717, 1.165) is 18.7 Å². The molecule has 35 heavy (non-hydrogen) atoms. The second-order valence-corrected chi connectivity index (χ2v) is 8.45. The normalized spacial score (nSPS) is 14.8. The fourth-order valence-electron chi connectivity index (χ4n) is 4.31. The Labute approximate surface area is 196 Å². The molecule has 0 spiro atoms. The number of hydrogen-bond acceptors (Lipinski definition) is 4. The number of aromatic amines is 1. The third kappa shape index (κ3) is 3.99. The molecule has 10 heteroatoms. The Bertz CT molecular complexity index is 1500. The molecule has 0 bridgehead atoms. The molecule has 4 aromatic rings. The van der Waals surface area contributed by atoms with E-state index in [-0.39, 0.29) is 22.4 Å². The molecule has 1 aliphatic carbocycles. The first kappa shape index (κ1) is 22.5. The number of aromatic nitrogens is 3. The fraction of sp³-hybridized carbons (Fsp3) is 0.200. The first-order valence-electron chi connectivity index (χ1n) is 10.7. The van der Waals surface area contributed by atoms with Gasteiger partial charge >= 0.3 is 6.18 Å². The van der Waals surface area contributed by atoms with Crippen molar-refractivity contribution in [3.05, 3.63) is 88.6 Å². The molecule has 1 fully saturated rings. The summed E-state index contributed by atoms with van der Waals surface area (Å²) in [6.07, 6.45) is -1.68. The minimum atomic E-state index is -4.53. The van der Waals surface area contributed by atoms with Gasteiger partial charge in [-0.25, -0.2) is 14.4 Å². The lowest BCUT2D eigenvalue weighted by Gasteiger charge is -2.40. The van der Waals surface area contributed by atoms with Crippen LogP contribution in [0.3, 0.4) is 0 Å². The van der Waals surface area contributed by atoms with E-state index in [9.17, 15) is 18.0 Å². The van der Waals surface area contributed by atoms with Crippen LogP contribution in [-0.4, -0.2) is 20.9 Å². The number of carbonyl (C=O) groups is 1. The number of imidazole rings is 1. The molecule has 2 heterocycles. The van der Waals surface area contributed by atoms with E-state index in [1.165, 1.54) is 24.3 Å². The summed E-state index contributed by atoms with van der Waals surface area (Å²) in [4.78, 5) is 23.8. The molecule has 6 nitrogen and oxygen atoms in total. The second kappa shape index (κ2) is 8.20. The van der Waals surface area contributed by atoms with Gasteiger partial charge in [-0.15, -0.1) is 0 Å². The van der Waals surface area contributed by atoms with Gasteiger partial charge < -0.3 is 10.3 Å². The van der Waals surface area contributed by atoms with E-state index in [1.54, 1.807) is 18.2 Å². The van der Waals surface area contributed by atoms with Crippen LogP contribution in [0, 0.1) is 17.1 Å². The molecule has 0 aliphatic heterocycles. The number of rotatable bonds is 4. The van der Waals surface area contributed by atoms with Crippen molar-refractivity contribution in [2.24, 2.45) is 0 Å². The average molecular weight is 479 g/mol. The number of nitriles is 1. The molecule has 1 aliphatic rings. The molecule has 2 N–H and O–H groups in total. The molecule has 0 atom stereocenters. The lowest BCUT2D eigenvalue weighted by molar-refractivity contribution is -0.137. The van der Waals surface area contributed by atoms with Gasteiger partial charge in [-0.05, 0) is 54.8 Å². The first-order valence-corrected chi connectivity index (χ1v) is 10.7. The van der Waals surface area contributed by atoms with Crippen LogP contribution in [0.5, 0.6) is 0 Å². The van der Waals surface area contributed by atoms with Crippen molar-refractivity contribution in [2.45, 2.75) is 30.9 Å². The van der Waals surface area contributed by atoms with Gasteiger partial charge in [-0.3, -0.25) is 4.79 Å². The highest BCUT2D eigenvalue weighted by Crippen LogP contribution is 2.48. The Kier molecular flexibility index (Phi) is 5.28. The molecular formula is C25H17F4N5O. The summed E-state index contributed by atoms with van der Waals surface area (Å²) < 4.78 is 54.2. The van der Waals surface area contributed by atoms with Gasteiger partial charge in [-0.2, -0.15) is 18.4 Å². The van der Waals surface area contributed by atoms with E-state index < -0.39 is 28.9 Å². The maximum absolute atomic E-state index is 15.0. The summed E-state index contributed by atoms with van der Waals surface area (Å²) in [5.74, 6) is -0.793. The van der Waals surface area contributed by atoms with E-state index >= 15 is 4.39 Å². The molecule has 0 radical (unpaired) electrons. The molecule has 1 amide bonds.